The predicted molar refractivity (Wildman–Crippen MR) is 88.9 cm³/mol. The van der Waals surface area contributed by atoms with Gasteiger partial charge in [0.25, 0.3) is 0 Å². The zero-order chi connectivity index (χ0) is 18.7. The van der Waals surface area contributed by atoms with E-state index >= 15 is 0 Å². The summed E-state index contributed by atoms with van der Waals surface area (Å²) in [5.41, 5.74) is 0.179. The third kappa shape index (κ3) is 4.83. The lowest BCUT2D eigenvalue weighted by Crippen LogP contribution is -2.44. The maximum absolute atomic E-state index is 12.5. The molecular formula is C14H19ClN2O6S. The average molecular weight is 379 g/mol. The molecule has 1 atom stereocenters. The van der Waals surface area contributed by atoms with E-state index in [0.717, 1.165) is 6.07 Å². The molecule has 0 fully saturated rings. The van der Waals surface area contributed by atoms with Gasteiger partial charge in [0.1, 0.15) is 16.7 Å². The summed E-state index contributed by atoms with van der Waals surface area (Å²) in [5, 5.41) is 11.6. The van der Waals surface area contributed by atoms with E-state index in [4.69, 9.17) is 21.4 Å². The van der Waals surface area contributed by atoms with Crippen LogP contribution < -0.4 is 14.8 Å². The second-order valence-corrected chi connectivity index (χ2v) is 7.43. The summed E-state index contributed by atoms with van der Waals surface area (Å²) in [6.07, 6.45) is 0. The smallest absolute Gasteiger partial charge is 0.322 e. The first-order valence-electron chi connectivity index (χ1n) is 6.89. The first-order valence-corrected chi connectivity index (χ1v) is 8.76. The molecule has 0 aliphatic carbocycles. The van der Waals surface area contributed by atoms with E-state index in [2.05, 4.69) is 10.0 Å². The lowest BCUT2D eigenvalue weighted by atomic mass is 10.1. The largest absolute Gasteiger partial charge is 0.495 e. The van der Waals surface area contributed by atoms with E-state index in [1.807, 2.05) is 0 Å². The molecule has 0 heterocycles. The summed E-state index contributed by atoms with van der Waals surface area (Å²) in [4.78, 5) is 22.0. The Morgan fingerprint density at radius 1 is 1.29 bits per heavy atom. The maximum atomic E-state index is 12.5. The monoisotopic (exact) mass is 378 g/mol. The number of carbonyl (C=O) groups is 2. The zero-order valence-electron chi connectivity index (χ0n) is 13.6. The number of carboxylic acids is 1. The van der Waals surface area contributed by atoms with Crippen LogP contribution in [-0.4, -0.2) is 38.6 Å². The zero-order valence-corrected chi connectivity index (χ0v) is 15.2. The highest BCUT2D eigenvalue weighted by Crippen LogP contribution is 2.34. The van der Waals surface area contributed by atoms with E-state index in [-0.39, 0.29) is 21.4 Å². The molecule has 1 amide bonds. The van der Waals surface area contributed by atoms with Crippen LogP contribution in [0.5, 0.6) is 5.75 Å². The first-order chi connectivity index (χ1) is 11.0. The van der Waals surface area contributed by atoms with E-state index < -0.39 is 33.9 Å². The number of aliphatic carboxylic acids is 1. The van der Waals surface area contributed by atoms with Crippen LogP contribution in [0.1, 0.15) is 20.8 Å². The Hall–Kier alpha value is -1.84. The molecule has 3 N–H and O–H groups in total. The van der Waals surface area contributed by atoms with Gasteiger partial charge in [0.15, 0.2) is 0 Å². The number of halogens is 1. The fourth-order valence-corrected chi connectivity index (χ4v) is 3.68. The lowest BCUT2D eigenvalue weighted by molar-refractivity contribution is -0.140. The van der Waals surface area contributed by atoms with Gasteiger partial charge in [-0.05, 0) is 12.0 Å². The van der Waals surface area contributed by atoms with E-state index in [1.54, 1.807) is 13.8 Å². The molecule has 0 radical (unpaired) electrons. The molecule has 0 aromatic heterocycles. The number of ether oxygens (including phenoxy) is 1. The Balaban J connectivity index is 3.35. The van der Waals surface area contributed by atoms with Crippen molar-refractivity contribution in [3.63, 3.8) is 0 Å². The second kappa shape index (κ2) is 7.82. The minimum absolute atomic E-state index is 0.0252. The van der Waals surface area contributed by atoms with Crippen molar-refractivity contribution in [1.82, 2.24) is 4.72 Å². The number of carbonyl (C=O) groups excluding carboxylic acids is 1. The van der Waals surface area contributed by atoms with Gasteiger partial charge in [0, 0.05) is 13.0 Å². The Morgan fingerprint density at radius 3 is 2.29 bits per heavy atom. The quantitative estimate of drug-likeness (QED) is 0.663. The molecule has 1 aromatic rings. The maximum Gasteiger partial charge on any atom is 0.322 e. The van der Waals surface area contributed by atoms with Crippen molar-refractivity contribution in [2.75, 3.05) is 12.4 Å². The molecule has 1 rings (SSSR count). The highest BCUT2D eigenvalue weighted by atomic mass is 35.5. The summed E-state index contributed by atoms with van der Waals surface area (Å²) in [5.74, 6) is -2.24. The number of anilines is 1. The van der Waals surface area contributed by atoms with Crippen molar-refractivity contribution in [3.05, 3.63) is 17.2 Å². The summed E-state index contributed by atoms with van der Waals surface area (Å²) >= 11 is 5.99. The second-order valence-electron chi connectivity index (χ2n) is 5.35. The fourth-order valence-electron chi connectivity index (χ4n) is 1.89. The Bertz CT molecular complexity index is 748. The van der Waals surface area contributed by atoms with Gasteiger partial charge in [0.2, 0.25) is 15.9 Å². The van der Waals surface area contributed by atoms with Crippen molar-refractivity contribution in [2.24, 2.45) is 5.92 Å². The van der Waals surface area contributed by atoms with Crippen molar-refractivity contribution in [2.45, 2.75) is 31.7 Å². The summed E-state index contributed by atoms with van der Waals surface area (Å²) in [6.45, 7) is 4.42. The fraction of sp³-hybridized carbons (Fsp3) is 0.429. The third-order valence-electron chi connectivity index (χ3n) is 3.07. The Labute approximate surface area is 145 Å². The Kier molecular flexibility index (Phi) is 6.58. The van der Waals surface area contributed by atoms with Crippen LogP contribution in [0.15, 0.2) is 17.0 Å². The normalized spacial score (nSPS) is 12.8. The minimum Gasteiger partial charge on any atom is -0.495 e. The van der Waals surface area contributed by atoms with Gasteiger partial charge in [-0.3, -0.25) is 9.59 Å². The summed E-state index contributed by atoms with van der Waals surface area (Å²) < 4.78 is 32.2. The van der Waals surface area contributed by atoms with Gasteiger partial charge in [-0.15, -0.1) is 0 Å². The highest BCUT2D eigenvalue weighted by Gasteiger charge is 2.30. The van der Waals surface area contributed by atoms with Gasteiger partial charge in [-0.2, -0.15) is 4.72 Å². The SMILES string of the molecule is COc1cc(NC(C)=O)c(Cl)cc1S(=O)(=O)N[C@H](C(=O)O)C(C)C. The molecule has 24 heavy (non-hydrogen) atoms. The van der Waals surface area contributed by atoms with Crippen molar-refractivity contribution < 1.29 is 27.9 Å². The molecule has 0 aliphatic heterocycles. The molecule has 0 bridgehead atoms. The number of hydrogen-bond acceptors (Lipinski definition) is 5. The van der Waals surface area contributed by atoms with Crippen LogP contribution in [-0.2, 0) is 19.6 Å². The topological polar surface area (TPSA) is 122 Å². The number of sulfonamides is 1. The number of methoxy groups -OCH3 is 1. The molecule has 0 saturated heterocycles. The lowest BCUT2D eigenvalue weighted by Gasteiger charge is -2.19. The molecule has 0 spiro atoms. The third-order valence-corrected chi connectivity index (χ3v) is 4.84. The number of rotatable bonds is 7. The molecule has 10 heteroatoms. The van der Waals surface area contributed by atoms with E-state index in [1.165, 1.54) is 20.1 Å². The highest BCUT2D eigenvalue weighted by molar-refractivity contribution is 7.89. The minimum atomic E-state index is -4.21. The number of hydrogen-bond donors (Lipinski definition) is 3. The molecular weight excluding hydrogens is 360 g/mol. The van der Waals surface area contributed by atoms with Crippen LogP contribution in [0.25, 0.3) is 0 Å². The van der Waals surface area contributed by atoms with Crippen LogP contribution >= 0.6 is 11.6 Å². The van der Waals surface area contributed by atoms with Crippen LogP contribution in [0.4, 0.5) is 5.69 Å². The summed E-state index contributed by atoms with van der Waals surface area (Å²) in [6, 6.07) is 1.03. The average Bonchev–Trinajstić information content (AvgIpc) is 2.45. The van der Waals surface area contributed by atoms with E-state index in [9.17, 15) is 18.0 Å². The predicted octanol–water partition coefficient (Wildman–Crippen LogP) is 1.69. The van der Waals surface area contributed by atoms with Crippen molar-refractivity contribution in [3.8, 4) is 5.75 Å². The molecule has 1 aromatic carbocycles. The summed E-state index contributed by atoms with van der Waals surface area (Å²) in [7, 11) is -2.97. The number of nitrogens with one attached hydrogen (secondary N) is 2. The molecule has 134 valence electrons. The van der Waals surface area contributed by atoms with Gasteiger partial charge < -0.3 is 15.2 Å². The van der Waals surface area contributed by atoms with Crippen molar-refractivity contribution >= 4 is 39.2 Å². The van der Waals surface area contributed by atoms with Gasteiger partial charge in [0.05, 0.1) is 17.8 Å². The van der Waals surface area contributed by atoms with Crippen LogP contribution in [0.3, 0.4) is 0 Å². The van der Waals surface area contributed by atoms with Gasteiger partial charge in [-0.25, -0.2) is 8.42 Å². The van der Waals surface area contributed by atoms with E-state index in [0.29, 0.717) is 0 Å². The van der Waals surface area contributed by atoms with Gasteiger partial charge >= 0.3 is 5.97 Å². The van der Waals surface area contributed by atoms with Gasteiger partial charge in [-0.1, -0.05) is 25.4 Å². The standard InChI is InChI=1S/C14H19ClN2O6S/c1-7(2)13(14(19)20)17-24(21,22)12-5-9(15)10(16-8(3)18)6-11(12)23-4/h5-7,13,17H,1-4H3,(H,16,18)(H,19,20)/t13-/m0/s1. The first kappa shape index (κ1) is 20.2. The molecule has 0 unspecified atom stereocenters. The molecule has 0 aliphatic rings. The number of benzene rings is 1. The van der Waals surface area contributed by atoms with Crippen molar-refractivity contribution in [1.29, 1.82) is 0 Å². The van der Waals surface area contributed by atoms with Crippen LogP contribution in [0.2, 0.25) is 5.02 Å². The Morgan fingerprint density at radius 2 is 1.88 bits per heavy atom. The molecule has 8 nitrogen and oxygen atoms in total. The number of amides is 1. The van der Waals surface area contributed by atoms with Crippen LogP contribution in [0, 0.1) is 5.92 Å². The number of carboxylic acid groups (broad SMARTS) is 1. The molecule has 0 saturated carbocycles.